The molecule has 2 heterocycles. The van der Waals surface area contributed by atoms with Gasteiger partial charge in [0, 0.05) is 25.4 Å². The molecule has 0 bridgehead atoms. The number of carboxylic acid groups (broad SMARTS) is 1. The highest BCUT2D eigenvalue weighted by Crippen LogP contribution is 2.21. The molecular formula is C22H30N2O3. The number of allylic oxidation sites excluding steroid dienone is 3. The zero-order valence-electron chi connectivity index (χ0n) is 16.4. The minimum atomic E-state index is -0.957. The molecule has 1 aromatic rings. The number of unbranched alkanes of at least 4 members (excludes halogenated alkanes) is 1. The second kappa shape index (κ2) is 10.7. The molecule has 2 rings (SSSR count). The van der Waals surface area contributed by atoms with Gasteiger partial charge in [-0.2, -0.15) is 0 Å². The van der Waals surface area contributed by atoms with Crippen LogP contribution in [0.15, 0.2) is 42.3 Å². The van der Waals surface area contributed by atoms with Crippen molar-refractivity contribution in [2.75, 3.05) is 6.54 Å². The summed E-state index contributed by atoms with van der Waals surface area (Å²) < 4.78 is 0. The number of carboxylic acids is 1. The maximum absolute atomic E-state index is 12.2. The summed E-state index contributed by atoms with van der Waals surface area (Å²) in [6.07, 6.45) is 15.7. The van der Waals surface area contributed by atoms with Crippen LogP contribution in [0.1, 0.15) is 68.3 Å². The topological polar surface area (TPSA) is 70.5 Å². The number of rotatable bonds is 10. The highest BCUT2D eigenvalue weighted by Gasteiger charge is 2.28. The van der Waals surface area contributed by atoms with E-state index >= 15 is 0 Å². The van der Waals surface area contributed by atoms with E-state index in [9.17, 15) is 14.7 Å². The number of pyridine rings is 1. The van der Waals surface area contributed by atoms with Crippen LogP contribution in [0.25, 0.3) is 0 Å². The second-order valence-corrected chi connectivity index (χ2v) is 7.14. The van der Waals surface area contributed by atoms with Gasteiger partial charge in [0.15, 0.2) is 0 Å². The molecule has 1 N–H and O–H groups in total. The first kappa shape index (κ1) is 20.9. The third-order valence-electron chi connectivity index (χ3n) is 5.00. The second-order valence-electron chi connectivity index (χ2n) is 7.14. The Morgan fingerprint density at radius 2 is 2.22 bits per heavy atom. The molecule has 1 aromatic heterocycles. The van der Waals surface area contributed by atoms with E-state index in [0.29, 0.717) is 19.4 Å². The quantitative estimate of drug-likeness (QED) is 0.620. The summed E-state index contributed by atoms with van der Waals surface area (Å²) in [5.74, 6) is -0.772. The molecule has 0 unspecified atom stereocenters. The molecule has 0 saturated carbocycles. The zero-order chi connectivity index (χ0) is 19.6. The highest BCUT2D eigenvalue weighted by atomic mass is 16.4. The van der Waals surface area contributed by atoms with E-state index in [1.165, 1.54) is 24.6 Å². The summed E-state index contributed by atoms with van der Waals surface area (Å²) in [7, 11) is 0. The largest absolute Gasteiger partial charge is 0.478 e. The number of amides is 1. The van der Waals surface area contributed by atoms with Crippen LogP contribution in [0.3, 0.4) is 0 Å². The molecule has 1 fully saturated rings. The first-order valence-corrected chi connectivity index (χ1v) is 9.82. The lowest BCUT2D eigenvalue weighted by atomic mass is 10.1. The monoisotopic (exact) mass is 370 g/mol. The summed E-state index contributed by atoms with van der Waals surface area (Å²) in [6.45, 7) is 4.98. The van der Waals surface area contributed by atoms with Gasteiger partial charge in [0.05, 0.1) is 11.6 Å². The van der Waals surface area contributed by atoms with Crippen LogP contribution < -0.4 is 0 Å². The van der Waals surface area contributed by atoms with Crippen molar-refractivity contribution in [1.82, 2.24) is 9.88 Å². The average molecular weight is 370 g/mol. The predicted molar refractivity (Wildman–Crippen MR) is 107 cm³/mol. The van der Waals surface area contributed by atoms with Gasteiger partial charge in [0.25, 0.3) is 0 Å². The molecule has 27 heavy (non-hydrogen) atoms. The maximum Gasteiger partial charge on any atom is 0.337 e. The van der Waals surface area contributed by atoms with Gasteiger partial charge < -0.3 is 10.0 Å². The van der Waals surface area contributed by atoms with E-state index in [1.807, 2.05) is 4.90 Å². The maximum atomic E-state index is 12.2. The normalized spacial score (nSPS) is 17.9. The summed E-state index contributed by atoms with van der Waals surface area (Å²) in [6, 6.07) is 1.89. The van der Waals surface area contributed by atoms with Crippen molar-refractivity contribution in [3.05, 3.63) is 53.4 Å². The summed E-state index contributed by atoms with van der Waals surface area (Å²) >= 11 is 0. The van der Waals surface area contributed by atoms with Gasteiger partial charge in [0.2, 0.25) is 5.91 Å². The molecular weight excluding hydrogens is 340 g/mol. The van der Waals surface area contributed by atoms with Gasteiger partial charge in [-0.25, -0.2) is 4.79 Å². The van der Waals surface area contributed by atoms with Crippen LogP contribution in [0.5, 0.6) is 0 Å². The first-order valence-electron chi connectivity index (χ1n) is 9.82. The number of carbonyl (C=O) groups excluding carboxylic acids is 1. The van der Waals surface area contributed by atoms with Crippen LogP contribution in [-0.2, 0) is 11.2 Å². The van der Waals surface area contributed by atoms with Crippen LogP contribution in [0.4, 0.5) is 0 Å². The summed E-state index contributed by atoms with van der Waals surface area (Å²) in [4.78, 5) is 29.3. The third kappa shape index (κ3) is 6.35. The van der Waals surface area contributed by atoms with E-state index in [2.05, 4.69) is 37.1 Å². The number of hydrogen-bond acceptors (Lipinski definition) is 3. The van der Waals surface area contributed by atoms with Crippen molar-refractivity contribution >= 4 is 11.9 Å². The molecule has 1 atom stereocenters. The molecule has 1 saturated heterocycles. The number of aryl methyl sites for hydroxylation is 1. The number of carbonyl (C=O) groups is 2. The Morgan fingerprint density at radius 1 is 1.41 bits per heavy atom. The minimum absolute atomic E-state index is 0.143. The lowest BCUT2D eigenvalue weighted by Crippen LogP contribution is -2.32. The zero-order valence-corrected chi connectivity index (χ0v) is 16.4. The van der Waals surface area contributed by atoms with E-state index in [-0.39, 0.29) is 17.5 Å². The van der Waals surface area contributed by atoms with Gasteiger partial charge >= 0.3 is 5.97 Å². The fourth-order valence-corrected chi connectivity index (χ4v) is 3.41. The Balaban J connectivity index is 1.90. The van der Waals surface area contributed by atoms with Crippen LogP contribution in [0, 0.1) is 0 Å². The fraction of sp³-hybridized carbons (Fsp3) is 0.500. The van der Waals surface area contributed by atoms with E-state index < -0.39 is 5.97 Å². The van der Waals surface area contributed by atoms with Crippen molar-refractivity contribution in [2.45, 2.75) is 64.8 Å². The van der Waals surface area contributed by atoms with Crippen molar-refractivity contribution in [2.24, 2.45) is 0 Å². The predicted octanol–water partition coefficient (Wildman–Crippen LogP) is 4.40. The average Bonchev–Trinajstić information content (AvgIpc) is 3.00. The van der Waals surface area contributed by atoms with Crippen molar-refractivity contribution < 1.29 is 14.7 Å². The van der Waals surface area contributed by atoms with Crippen molar-refractivity contribution in [3.63, 3.8) is 0 Å². The van der Waals surface area contributed by atoms with E-state index in [1.54, 1.807) is 12.3 Å². The van der Waals surface area contributed by atoms with Crippen molar-refractivity contribution in [1.29, 1.82) is 0 Å². The highest BCUT2D eigenvalue weighted by molar-refractivity contribution is 5.88. The Morgan fingerprint density at radius 3 is 2.96 bits per heavy atom. The van der Waals surface area contributed by atoms with Gasteiger partial charge in [-0.3, -0.25) is 9.78 Å². The number of hydrogen-bond donors (Lipinski definition) is 1. The van der Waals surface area contributed by atoms with Crippen LogP contribution >= 0.6 is 0 Å². The fourth-order valence-electron chi connectivity index (χ4n) is 3.41. The van der Waals surface area contributed by atoms with Gasteiger partial charge in [0.1, 0.15) is 0 Å². The molecule has 1 aliphatic rings. The Labute approximate surface area is 161 Å². The molecule has 5 nitrogen and oxygen atoms in total. The Kier molecular flexibility index (Phi) is 8.24. The minimum Gasteiger partial charge on any atom is -0.478 e. The molecule has 1 amide bonds. The molecule has 1 aliphatic heterocycles. The van der Waals surface area contributed by atoms with E-state index in [0.717, 1.165) is 24.8 Å². The van der Waals surface area contributed by atoms with Gasteiger partial charge in [-0.05, 0) is 50.7 Å². The van der Waals surface area contributed by atoms with Gasteiger partial charge in [-0.15, -0.1) is 0 Å². The van der Waals surface area contributed by atoms with E-state index in [4.69, 9.17) is 0 Å². The Hall–Kier alpha value is -2.43. The first-order chi connectivity index (χ1) is 13.0. The Bertz CT molecular complexity index is 709. The summed E-state index contributed by atoms with van der Waals surface area (Å²) in [5.41, 5.74) is 2.38. The number of aromatic carboxylic acids is 1. The van der Waals surface area contributed by atoms with Crippen LogP contribution in [0.2, 0.25) is 0 Å². The SMILES string of the molecule is CCCCC(C)=CC=C[C@H]1CCC(=O)N1CCCc1ccncc1C(=O)O. The smallest absolute Gasteiger partial charge is 0.337 e. The van der Waals surface area contributed by atoms with Crippen molar-refractivity contribution in [3.8, 4) is 0 Å². The number of aromatic nitrogens is 1. The number of nitrogens with zero attached hydrogens (tertiary/aromatic N) is 2. The van der Waals surface area contributed by atoms with Crippen LogP contribution in [-0.4, -0.2) is 39.5 Å². The summed E-state index contributed by atoms with van der Waals surface area (Å²) in [5, 5.41) is 9.24. The molecule has 0 aromatic carbocycles. The molecule has 5 heteroatoms. The lowest BCUT2D eigenvalue weighted by Gasteiger charge is -2.22. The lowest BCUT2D eigenvalue weighted by molar-refractivity contribution is -0.128. The molecule has 146 valence electrons. The molecule has 0 spiro atoms. The van der Waals surface area contributed by atoms with Gasteiger partial charge in [-0.1, -0.05) is 37.1 Å². The molecule has 0 aliphatic carbocycles. The standard InChI is InChI=1S/C22H30N2O3/c1-3-4-7-17(2)8-5-10-19-11-12-21(25)24(19)15-6-9-18-13-14-23-16-20(18)22(26)27/h5,8,10,13-14,16,19H,3-4,6-7,9,11-12,15H2,1-2H3,(H,26,27)/t19-/m0/s1. The third-order valence-corrected chi connectivity index (χ3v) is 5.00. The molecule has 0 radical (unpaired) electrons. The number of likely N-dealkylation sites (tertiary alicyclic amines) is 1.